The highest BCUT2D eigenvalue weighted by molar-refractivity contribution is 5.83. The SMILES string of the molecule is CC(C)NC(=O)C1CCCC(NC(=O)C2CC23CCNCC3)C1. The summed E-state index contributed by atoms with van der Waals surface area (Å²) in [5, 5.41) is 9.64. The first-order valence-corrected chi connectivity index (χ1v) is 9.32. The molecule has 2 saturated carbocycles. The van der Waals surface area contributed by atoms with E-state index in [1.807, 2.05) is 13.8 Å². The summed E-state index contributed by atoms with van der Waals surface area (Å²) in [4.78, 5) is 24.8. The lowest BCUT2D eigenvalue weighted by molar-refractivity contribution is -0.128. The fourth-order valence-electron chi connectivity index (χ4n) is 4.46. The van der Waals surface area contributed by atoms with Gasteiger partial charge in [0.05, 0.1) is 0 Å². The minimum atomic E-state index is 0.0588. The normalized spacial score (nSPS) is 32.6. The van der Waals surface area contributed by atoms with Crippen molar-refractivity contribution in [3.63, 3.8) is 0 Å². The van der Waals surface area contributed by atoms with E-state index < -0.39 is 0 Å². The van der Waals surface area contributed by atoms with Gasteiger partial charge < -0.3 is 16.0 Å². The summed E-state index contributed by atoms with van der Waals surface area (Å²) in [6, 6.07) is 0.363. The van der Waals surface area contributed by atoms with Crippen molar-refractivity contribution in [1.29, 1.82) is 0 Å². The highest BCUT2D eigenvalue weighted by atomic mass is 16.2. The molecule has 3 fully saturated rings. The van der Waals surface area contributed by atoms with Crippen molar-refractivity contribution in [3.8, 4) is 0 Å². The van der Waals surface area contributed by atoms with Crippen molar-refractivity contribution in [1.82, 2.24) is 16.0 Å². The molecule has 1 saturated heterocycles. The molecule has 0 radical (unpaired) electrons. The third kappa shape index (κ3) is 3.87. The maximum atomic E-state index is 12.6. The van der Waals surface area contributed by atoms with Crippen LogP contribution < -0.4 is 16.0 Å². The van der Waals surface area contributed by atoms with Gasteiger partial charge in [0.25, 0.3) is 0 Å². The van der Waals surface area contributed by atoms with Crippen molar-refractivity contribution in [3.05, 3.63) is 0 Å². The van der Waals surface area contributed by atoms with E-state index in [4.69, 9.17) is 0 Å². The second kappa shape index (κ2) is 6.80. The number of carbonyl (C=O) groups excluding carboxylic acids is 2. The van der Waals surface area contributed by atoms with E-state index in [0.29, 0.717) is 5.41 Å². The fourth-order valence-corrected chi connectivity index (χ4v) is 4.46. The Morgan fingerprint density at radius 1 is 1.13 bits per heavy atom. The molecule has 0 aromatic heterocycles. The molecule has 0 bridgehead atoms. The van der Waals surface area contributed by atoms with Crippen LogP contribution in [0.15, 0.2) is 0 Å². The molecule has 3 atom stereocenters. The number of rotatable bonds is 4. The molecule has 0 aromatic carbocycles. The Bertz CT molecular complexity index is 457. The van der Waals surface area contributed by atoms with Gasteiger partial charge in [0.1, 0.15) is 0 Å². The van der Waals surface area contributed by atoms with Crippen molar-refractivity contribution >= 4 is 11.8 Å². The van der Waals surface area contributed by atoms with Crippen molar-refractivity contribution in [2.45, 2.75) is 70.9 Å². The largest absolute Gasteiger partial charge is 0.354 e. The number of hydrogen-bond donors (Lipinski definition) is 3. The van der Waals surface area contributed by atoms with E-state index in [9.17, 15) is 9.59 Å². The molecule has 2 amide bonds. The van der Waals surface area contributed by atoms with Gasteiger partial charge in [-0.25, -0.2) is 0 Å². The molecule has 5 nitrogen and oxygen atoms in total. The van der Waals surface area contributed by atoms with Gasteiger partial charge in [0.2, 0.25) is 11.8 Å². The van der Waals surface area contributed by atoms with Crippen LogP contribution in [0.25, 0.3) is 0 Å². The summed E-state index contributed by atoms with van der Waals surface area (Å²) in [7, 11) is 0. The number of piperidine rings is 1. The Hall–Kier alpha value is -1.10. The summed E-state index contributed by atoms with van der Waals surface area (Å²) in [5.74, 6) is 0.667. The molecule has 130 valence electrons. The maximum absolute atomic E-state index is 12.6. The molecule has 1 spiro atoms. The van der Waals surface area contributed by atoms with Gasteiger partial charge >= 0.3 is 0 Å². The van der Waals surface area contributed by atoms with Gasteiger partial charge in [-0.05, 0) is 70.9 Å². The first-order valence-electron chi connectivity index (χ1n) is 9.32. The summed E-state index contributed by atoms with van der Waals surface area (Å²) in [5.41, 5.74) is 0.290. The van der Waals surface area contributed by atoms with E-state index >= 15 is 0 Å². The van der Waals surface area contributed by atoms with E-state index in [2.05, 4.69) is 16.0 Å². The second-order valence-corrected chi connectivity index (χ2v) is 8.10. The molecule has 2 aliphatic carbocycles. The van der Waals surface area contributed by atoms with Crippen LogP contribution in [0.1, 0.15) is 58.8 Å². The molecular weight excluding hydrogens is 290 g/mol. The third-order valence-electron chi connectivity index (χ3n) is 5.93. The summed E-state index contributed by atoms with van der Waals surface area (Å²) in [6.45, 7) is 6.08. The van der Waals surface area contributed by atoms with Crippen LogP contribution in [0.3, 0.4) is 0 Å². The monoisotopic (exact) mass is 321 g/mol. The quantitative estimate of drug-likeness (QED) is 0.736. The van der Waals surface area contributed by atoms with Gasteiger partial charge in [-0.2, -0.15) is 0 Å². The highest BCUT2D eigenvalue weighted by Crippen LogP contribution is 2.58. The minimum absolute atomic E-state index is 0.0588. The number of nitrogens with one attached hydrogen (secondary N) is 3. The summed E-state index contributed by atoms with van der Waals surface area (Å²) < 4.78 is 0. The van der Waals surface area contributed by atoms with Gasteiger partial charge in [0.15, 0.2) is 0 Å². The molecule has 0 aromatic rings. The van der Waals surface area contributed by atoms with Crippen molar-refractivity contribution < 1.29 is 9.59 Å². The molecule has 1 aliphatic heterocycles. The summed E-state index contributed by atoms with van der Waals surface area (Å²) in [6.07, 6.45) is 7.11. The zero-order valence-corrected chi connectivity index (χ0v) is 14.5. The Morgan fingerprint density at radius 2 is 1.87 bits per heavy atom. The number of hydrogen-bond acceptors (Lipinski definition) is 3. The van der Waals surface area contributed by atoms with E-state index in [0.717, 1.165) is 58.0 Å². The smallest absolute Gasteiger partial charge is 0.223 e. The van der Waals surface area contributed by atoms with Gasteiger partial charge in [-0.1, -0.05) is 6.42 Å². The standard InChI is InChI=1S/C18H31N3O2/c1-12(2)20-16(22)13-4-3-5-14(10-13)21-17(23)15-11-18(15)6-8-19-9-7-18/h12-15,19H,3-11H2,1-2H3,(H,20,22)(H,21,23). The molecular formula is C18H31N3O2. The fraction of sp³-hybridized carbons (Fsp3) is 0.889. The van der Waals surface area contributed by atoms with Gasteiger partial charge in [-0.15, -0.1) is 0 Å². The van der Waals surface area contributed by atoms with E-state index in [-0.39, 0.29) is 35.7 Å². The Labute approximate surface area is 139 Å². The van der Waals surface area contributed by atoms with Crippen LogP contribution in [0.2, 0.25) is 0 Å². The molecule has 5 heteroatoms. The predicted molar refractivity (Wildman–Crippen MR) is 89.8 cm³/mol. The Balaban J connectivity index is 1.48. The first kappa shape index (κ1) is 16.7. The predicted octanol–water partition coefficient (Wildman–Crippen LogP) is 1.58. The van der Waals surface area contributed by atoms with E-state index in [1.54, 1.807) is 0 Å². The number of amides is 2. The number of carbonyl (C=O) groups is 2. The second-order valence-electron chi connectivity index (χ2n) is 8.10. The minimum Gasteiger partial charge on any atom is -0.354 e. The van der Waals surface area contributed by atoms with Crippen LogP contribution in [-0.2, 0) is 9.59 Å². The topological polar surface area (TPSA) is 70.2 Å². The van der Waals surface area contributed by atoms with Gasteiger partial charge in [-0.3, -0.25) is 9.59 Å². The zero-order valence-electron chi connectivity index (χ0n) is 14.5. The van der Waals surface area contributed by atoms with Crippen molar-refractivity contribution in [2.24, 2.45) is 17.3 Å². The maximum Gasteiger partial charge on any atom is 0.223 e. The summed E-state index contributed by atoms with van der Waals surface area (Å²) >= 11 is 0. The van der Waals surface area contributed by atoms with Crippen LogP contribution in [0.4, 0.5) is 0 Å². The van der Waals surface area contributed by atoms with Gasteiger partial charge in [0, 0.05) is 23.9 Å². The molecule has 3 aliphatic rings. The zero-order chi connectivity index (χ0) is 16.4. The average molecular weight is 321 g/mol. The lowest BCUT2D eigenvalue weighted by Crippen LogP contribution is -2.44. The van der Waals surface area contributed by atoms with Crippen LogP contribution >= 0.6 is 0 Å². The third-order valence-corrected chi connectivity index (χ3v) is 5.93. The van der Waals surface area contributed by atoms with Crippen LogP contribution in [0, 0.1) is 17.3 Å². The molecule has 1 heterocycles. The Morgan fingerprint density at radius 3 is 2.57 bits per heavy atom. The molecule has 23 heavy (non-hydrogen) atoms. The van der Waals surface area contributed by atoms with E-state index in [1.165, 1.54) is 0 Å². The molecule has 3 N–H and O–H groups in total. The van der Waals surface area contributed by atoms with Crippen LogP contribution in [0.5, 0.6) is 0 Å². The Kier molecular flexibility index (Phi) is 4.95. The van der Waals surface area contributed by atoms with Crippen molar-refractivity contribution in [2.75, 3.05) is 13.1 Å². The van der Waals surface area contributed by atoms with Crippen LogP contribution in [-0.4, -0.2) is 37.0 Å². The average Bonchev–Trinajstić information content (AvgIpc) is 3.21. The molecule has 3 rings (SSSR count). The molecule has 3 unspecified atom stereocenters. The highest BCUT2D eigenvalue weighted by Gasteiger charge is 2.57. The lowest BCUT2D eigenvalue weighted by Gasteiger charge is -2.30. The first-order chi connectivity index (χ1) is 11.0. The lowest BCUT2D eigenvalue weighted by atomic mass is 9.84.